The van der Waals surface area contributed by atoms with Crippen LogP contribution >= 0.6 is 11.8 Å². The molecule has 11 heteroatoms. The maximum Gasteiger partial charge on any atom is 0.319 e. The highest BCUT2D eigenvalue weighted by atomic mass is 32.2. The minimum Gasteiger partial charge on any atom is -0.508 e. The van der Waals surface area contributed by atoms with Gasteiger partial charge in [0.25, 0.3) is 0 Å². The molecule has 4 atom stereocenters. The molecular weight excluding hydrogens is 606 g/mol. The van der Waals surface area contributed by atoms with Gasteiger partial charge >= 0.3 is 6.01 Å². The van der Waals surface area contributed by atoms with Crippen molar-refractivity contribution in [3.05, 3.63) is 47.7 Å². The fourth-order valence-electron chi connectivity index (χ4n) is 8.24. The molecule has 2 bridgehead atoms. The SMILES string of the molecule is C#Cc1c(F)ccc2cc(O)cc(-c3ncc4c(N5CC6CCCC5CN6)nc(OC[C@@]56CCCN5C[C@@H](SC)C6)nc4c3F)c12. The summed E-state index contributed by atoms with van der Waals surface area (Å²) in [5.41, 5.74) is 0.0918. The van der Waals surface area contributed by atoms with Crippen molar-refractivity contribution < 1.29 is 18.6 Å². The van der Waals surface area contributed by atoms with Crippen LogP contribution in [-0.2, 0) is 0 Å². The van der Waals surface area contributed by atoms with Gasteiger partial charge in [0.1, 0.15) is 35.2 Å². The van der Waals surface area contributed by atoms with Gasteiger partial charge in [-0.15, -0.1) is 6.42 Å². The molecule has 0 amide bonds. The number of thioether (sulfide) groups is 1. The molecule has 7 heterocycles. The smallest absolute Gasteiger partial charge is 0.319 e. The number of phenols is 1. The molecule has 4 aromatic rings. The van der Waals surface area contributed by atoms with Crippen LogP contribution in [0.15, 0.2) is 30.5 Å². The van der Waals surface area contributed by atoms with E-state index in [0.29, 0.717) is 39.9 Å². The van der Waals surface area contributed by atoms with Crippen molar-refractivity contribution in [2.75, 3.05) is 43.9 Å². The number of nitrogens with zero attached hydrogens (tertiary/aromatic N) is 5. The number of ether oxygens (including phenoxy) is 1. The first-order valence-electron chi connectivity index (χ1n) is 16.1. The van der Waals surface area contributed by atoms with Crippen LogP contribution in [0.1, 0.15) is 44.1 Å². The maximum atomic E-state index is 16.9. The van der Waals surface area contributed by atoms with Crippen molar-refractivity contribution >= 4 is 39.3 Å². The number of halogens is 2. The Kier molecular flexibility index (Phi) is 7.42. The molecule has 238 valence electrons. The summed E-state index contributed by atoms with van der Waals surface area (Å²) >= 11 is 1.90. The number of fused-ring (bicyclic) bond motifs is 7. The van der Waals surface area contributed by atoms with E-state index in [1.807, 2.05) is 11.8 Å². The summed E-state index contributed by atoms with van der Waals surface area (Å²) in [5, 5.41) is 16.0. The standard InChI is InChI=1S/C35H36F2N6O2S/c1-3-25-28(36)9-8-20-12-23(44)13-26(29(20)25)31-30(37)32-27(16-39-31)33(43-17-21-6-4-7-22(43)15-38-21)41-34(40-32)45-19-35-10-5-11-42(35)18-24(14-35)46-2/h1,8-9,12-13,16,21-22,24,38,44H,4-7,10-11,14-15,17-19H2,2H3/t21?,22?,24-,35-/m0/s1. The van der Waals surface area contributed by atoms with E-state index < -0.39 is 11.6 Å². The van der Waals surface area contributed by atoms with Gasteiger partial charge in [-0.2, -0.15) is 21.7 Å². The predicted molar refractivity (Wildman–Crippen MR) is 178 cm³/mol. The Labute approximate surface area is 270 Å². The first-order chi connectivity index (χ1) is 22.4. The minimum atomic E-state index is -0.702. The van der Waals surface area contributed by atoms with Crippen LogP contribution < -0.4 is 15.0 Å². The first kappa shape index (κ1) is 29.7. The molecule has 0 radical (unpaired) electrons. The van der Waals surface area contributed by atoms with Gasteiger partial charge in [-0.25, -0.2) is 8.78 Å². The second kappa shape index (κ2) is 11.5. The second-order valence-electron chi connectivity index (χ2n) is 13.1. The van der Waals surface area contributed by atoms with Crippen LogP contribution in [0.25, 0.3) is 32.9 Å². The number of hydrogen-bond acceptors (Lipinski definition) is 9. The molecule has 0 saturated carbocycles. The summed E-state index contributed by atoms with van der Waals surface area (Å²) in [4.78, 5) is 19.0. The summed E-state index contributed by atoms with van der Waals surface area (Å²) in [6, 6.07) is 6.25. The molecule has 2 unspecified atom stereocenters. The molecule has 5 aliphatic heterocycles. The molecule has 9 rings (SSSR count). The molecule has 8 nitrogen and oxygen atoms in total. The van der Waals surface area contributed by atoms with Gasteiger partial charge in [0.2, 0.25) is 0 Å². The van der Waals surface area contributed by atoms with E-state index in [4.69, 9.17) is 16.1 Å². The van der Waals surface area contributed by atoms with Gasteiger partial charge < -0.3 is 20.1 Å². The number of phenolic OH excluding ortho intramolecular Hbond substituents is 1. The molecule has 5 fully saturated rings. The number of benzene rings is 2. The highest BCUT2D eigenvalue weighted by Crippen LogP contribution is 2.43. The Hall–Kier alpha value is -3.72. The number of anilines is 1. The molecular formula is C35H36F2N6O2S. The van der Waals surface area contributed by atoms with Gasteiger partial charge in [-0.3, -0.25) is 9.88 Å². The highest BCUT2D eigenvalue weighted by molar-refractivity contribution is 7.99. The third-order valence-electron chi connectivity index (χ3n) is 10.5. The molecule has 2 aromatic carbocycles. The van der Waals surface area contributed by atoms with E-state index in [9.17, 15) is 9.50 Å². The Morgan fingerprint density at radius 1 is 1.20 bits per heavy atom. The number of pyridine rings is 1. The quantitative estimate of drug-likeness (QED) is 0.265. The van der Waals surface area contributed by atoms with Crippen molar-refractivity contribution in [2.45, 2.75) is 61.4 Å². The van der Waals surface area contributed by atoms with E-state index in [-0.39, 0.29) is 45.7 Å². The highest BCUT2D eigenvalue weighted by Gasteiger charge is 2.49. The fraction of sp³-hybridized carbons (Fsp3) is 0.457. The van der Waals surface area contributed by atoms with Crippen molar-refractivity contribution in [2.24, 2.45) is 0 Å². The van der Waals surface area contributed by atoms with Crippen LogP contribution in [0.5, 0.6) is 11.8 Å². The molecule has 0 spiro atoms. The molecule has 5 aliphatic rings. The van der Waals surface area contributed by atoms with Crippen LogP contribution in [-0.4, -0.2) is 86.9 Å². The van der Waals surface area contributed by atoms with Gasteiger partial charge in [-0.05, 0) is 74.9 Å². The lowest BCUT2D eigenvalue weighted by molar-refractivity contribution is 0.108. The minimum absolute atomic E-state index is 0.0187. The average molecular weight is 643 g/mol. The van der Waals surface area contributed by atoms with Crippen LogP contribution in [0.4, 0.5) is 14.6 Å². The van der Waals surface area contributed by atoms with Gasteiger partial charge in [-0.1, -0.05) is 12.0 Å². The lowest BCUT2D eigenvalue weighted by Gasteiger charge is -2.38. The normalized spacial score (nSPS) is 26.0. The van der Waals surface area contributed by atoms with Crippen molar-refractivity contribution in [3.63, 3.8) is 0 Å². The number of piperazine rings is 1. The number of hydrogen-bond donors (Lipinski definition) is 2. The van der Waals surface area contributed by atoms with E-state index >= 15 is 4.39 Å². The third kappa shape index (κ3) is 4.84. The predicted octanol–water partition coefficient (Wildman–Crippen LogP) is 5.49. The van der Waals surface area contributed by atoms with Crippen LogP contribution in [0.3, 0.4) is 0 Å². The zero-order valence-corrected chi connectivity index (χ0v) is 26.5. The molecule has 0 aliphatic carbocycles. The largest absolute Gasteiger partial charge is 0.508 e. The number of terminal acetylenes is 1. The Bertz CT molecular complexity index is 1900. The van der Waals surface area contributed by atoms with Crippen molar-refractivity contribution in [1.82, 2.24) is 25.2 Å². The summed E-state index contributed by atoms with van der Waals surface area (Å²) in [6.07, 6.45) is 15.9. The van der Waals surface area contributed by atoms with Gasteiger partial charge in [0.05, 0.1) is 16.5 Å². The van der Waals surface area contributed by atoms with Crippen LogP contribution in [0, 0.1) is 24.0 Å². The number of aromatic nitrogens is 3. The lowest BCUT2D eigenvalue weighted by Crippen LogP contribution is -2.54. The zero-order chi connectivity index (χ0) is 31.6. The van der Waals surface area contributed by atoms with E-state index in [2.05, 4.69) is 37.3 Å². The molecule has 5 saturated heterocycles. The van der Waals surface area contributed by atoms with E-state index in [0.717, 1.165) is 64.7 Å². The Morgan fingerprint density at radius 2 is 2.09 bits per heavy atom. The molecule has 2 N–H and O–H groups in total. The topological polar surface area (TPSA) is 86.6 Å². The van der Waals surface area contributed by atoms with Gasteiger partial charge in [0, 0.05) is 54.1 Å². The summed E-state index contributed by atoms with van der Waals surface area (Å²) in [7, 11) is 0. The van der Waals surface area contributed by atoms with Gasteiger partial charge in [0.15, 0.2) is 5.82 Å². The summed E-state index contributed by atoms with van der Waals surface area (Å²) in [6.45, 7) is 4.10. The maximum absolute atomic E-state index is 16.9. The van der Waals surface area contributed by atoms with E-state index in [1.54, 1.807) is 6.20 Å². The Balaban J connectivity index is 1.28. The Morgan fingerprint density at radius 3 is 2.93 bits per heavy atom. The van der Waals surface area contributed by atoms with Crippen LogP contribution in [0.2, 0.25) is 0 Å². The fourth-order valence-corrected chi connectivity index (χ4v) is 9.05. The third-order valence-corrected chi connectivity index (χ3v) is 11.5. The number of rotatable bonds is 6. The van der Waals surface area contributed by atoms with Crippen molar-refractivity contribution in [3.8, 4) is 35.4 Å². The first-order valence-corrected chi connectivity index (χ1v) is 17.4. The summed E-state index contributed by atoms with van der Waals surface area (Å²) in [5.74, 6) is 1.60. The monoisotopic (exact) mass is 642 g/mol. The number of aromatic hydroxyl groups is 1. The zero-order valence-electron chi connectivity index (χ0n) is 25.7. The van der Waals surface area contributed by atoms with E-state index in [1.165, 1.54) is 24.3 Å². The molecule has 2 aromatic heterocycles. The average Bonchev–Trinajstić information content (AvgIpc) is 3.43. The lowest BCUT2D eigenvalue weighted by atomic mass is 9.95. The van der Waals surface area contributed by atoms with Crippen molar-refractivity contribution in [1.29, 1.82) is 0 Å². The molecule has 46 heavy (non-hydrogen) atoms. The second-order valence-corrected chi connectivity index (χ2v) is 14.3. The summed E-state index contributed by atoms with van der Waals surface area (Å²) < 4.78 is 38.3. The number of nitrogens with one attached hydrogen (secondary N) is 1.